The molecule has 0 unspecified atom stereocenters. The van der Waals surface area contributed by atoms with Crippen molar-refractivity contribution in [2.75, 3.05) is 13.1 Å². The maximum Gasteiger partial charge on any atom is 0.417 e. The normalized spacial score (nSPS) is 14.9. The summed E-state index contributed by atoms with van der Waals surface area (Å²) in [7, 11) is 0. The lowest BCUT2D eigenvalue weighted by molar-refractivity contribution is -0.137. The number of thioether (sulfide) groups is 1. The van der Waals surface area contributed by atoms with Gasteiger partial charge >= 0.3 is 12.3 Å². The summed E-state index contributed by atoms with van der Waals surface area (Å²) >= 11 is 1.23. The summed E-state index contributed by atoms with van der Waals surface area (Å²) in [6.45, 7) is 1.05. The Morgan fingerprint density at radius 3 is 2.34 bits per heavy atom. The van der Waals surface area contributed by atoms with Crippen LogP contribution in [0.1, 0.15) is 18.4 Å². The molecule has 152 valence electrons. The van der Waals surface area contributed by atoms with Crippen LogP contribution in [0.2, 0.25) is 0 Å². The Kier molecular flexibility index (Phi) is 6.49. The second-order valence-electron chi connectivity index (χ2n) is 6.22. The molecule has 0 bridgehead atoms. The van der Waals surface area contributed by atoms with Crippen LogP contribution < -0.4 is 9.47 Å². The van der Waals surface area contributed by atoms with Crippen molar-refractivity contribution in [2.45, 2.75) is 24.3 Å². The van der Waals surface area contributed by atoms with Crippen LogP contribution in [0.25, 0.3) is 0 Å². The van der Waals surface area contributed by atoms with E-state index in [1.54, 1.807) is 4.90 Å². The Bertz CT molecular complexity index is 875. The molecule has 1 saturated heterocycles. The van der Waals surface area contributed by atoms with Crippen molar-refractivity contribution in [1.29, 1.82) is 5.26 Å². The van der Waals surface area contributed by atoms with E-state index in [0.717, 1.165) is 25.0 Å². The minimum absolute atomic E-state index is 0.0147. The fourth-order valence-electron chi connectivity index (χ4n) is 2.70. The number of rotatable bonds is 4. The van der Waals surface area contributed by atoms with E-state index in [1.807, 2.05) is 0 Å². The smallest absolute Gasteiger partial charge is 0.417 e. The van der Waals surface area contributed by atoms with Gasteiger partial charge in [0.25, 0.3) is 0 Å². The van der Waals surface area contributed by atoms with E-state index in [4.69, 9.17) is 14.7 Å². The topological polar surface area (TPSA) is 75.5 Å². The average molecular weight is 423 g/mol. The van der Waals surface area contributed by atoms with E-state index >= 15 is 0 Å². The van der Waals surface area contributed by atoms with Gasteiger partial charge in [0.2, 0.25) is 5.88 Å². The third-order valence-electron chi connectivity index (χ3n) is 4.23. The van der Waals surface area contributed by atoms with Crippen molar-refractivity contribution in [3.8, 4) is 22.8 Å². The number of carbonyl (C=O) groups is 1. The van der Waals surface area contributed by atoms with Crippen molar-refractivity contribution in [3.63, 3.8) is 0 Å². The fourth-order valence-corrected chi connectivity index (χ4v) is 3.30. The van der Waals surface area contributed by atoms with Gasteiger partial charge in [-0.3, -0.25) is 0 Å². The van der Waals surface area contributed by atoms with Gasteiger partial charge < -0.3 is 14.4 Å². The van der Waals surface area contributed by atoms with E-state index in [2.05, 4.69) is 10.4 Å². The van der Waals surface area contributed by atoms with Gasteiger partial charge in [0.05, 0.1) is 5.56 Å². The molecule has 1 aliphatic heterocycles. The third kappa shape index (κ3) is 5.77. The van der Waals surface area contributed by atoms with Gasteiger partial charge in [-0.2, -0.15) is 18.4 Å². The molecule has 1 aromatic heterocycles. The number of ether oxygens (including phenoxy) is 2. The van der Waals surface area contributed by atoms with Crippen LogP contribution in [0, 0.1) is 10.7 Å². The highest BCUT2D eigenvalue weighted by Gasteiger charge is 2.30. The van der Waals surface area contributed by atoms with Crippen molar-refractivity contribution in [1.82, 2.24) is 9.88 Å². The molecule has 3 rings (SSSR count). The van der Waals surface area contributed by atoms with Crippen LogP contribution in [0.15, 0.2) is 42.6 Å². The number of benzene rings is 1. The van der Waals surface area contributed by atoms with Crippen LogP contribution in [0.4, 0.5) is 18.0 Å². The van der Waals surface area contributed by atoms with Gasteiger partial charge in [0.1, 0.15) is 16.9 Å². The molecular formula is C19H16F3N3O3S. The number of likely N-dealkylation sites (tertiary alicyclic amines) is 1. The number of nitriles is 1. The summed E-state index contributed by atoms with van der Waals surface area (Å²) in [5, 5.41) is 11.0. The first-order valence-electron chi connectivity index (χ1n) is 8.68. The molecule has 0 spiro atoms. The molecule has 1 amide bonds. The highest BCUT2D eigenvalue weighted by Crippen LogP contribution is 2.30. The molecule has 0 saturated carbocycles. The van der Waals surface area contributed by atoms with Crippen molar-refractivity contribution >= 4 is 17.9 Å². The van der Waals surface area contributed by atoms with E-state index < -0.39 is 17.8 Å². The van der Waals surface area contributed by atoms with E-state index in [0.29, 0.717) is 30.8 Å². The maximum atomic E-state index is 12.5. The number of amides is 1. The zero-order valence-electron chi connectivity index (χ0n) is 15.1. The standard InChI is InChI=1S/C19H16F3N3O3S/c20-19(21,22)13-1-6-17(24-11-13)27-14-2-4-15(5-3-14)28-18(26)25-9-7-16(8-10-25)29-12-23/h1-6,11,16H,7-10H2. The highest BCUT2D eigenvalue weighted by molar-refractivity contribution is 8.04. The Morgan fingerprint density at radius 2 is 1.79 bits per heavy atom. The molecule has 0 atom stereocenters. The predicted octanol–water partition coefficient (Wildman–Crippen LogP) is 5.07. The minimum atomic E-state index is -4.46. The molecule has 1 aromatic carbocycles. The van der Waals surface area contributed by atoms with E-state index in [1.165, 1.54) is 36.0 Å². The summed E-state index contributed by atoms with van der Waals surface area (Å²) in [6, 6.07) is 8.11. The van der Waals surface area contributed by atoms with Crippen LogP contribution in [-0.4, -0.2) is 34.3 Å². The Balaban J connectivity index is 1.52. The SMILES string of the molecule is N#CSC1CCN(C(=O)Oc2ccc(Oc3ccc(C(F)(F)F)cn3)cc2)CC1. The lowest BCUT2D eigenvalue weighted by Crippen LogP contribution is -2.40. The summed E-state index contributed by atoms with van der Waals surface area (Å²) in [5.74, 6) is 0.670. The number of hydrogen-bond acceptors (Lipinski definition) is 6. The van der Waals surface area contributed by atoms with E-state index in [-0.39, 0.29) is 11.1 Å². The molecule has 10 heteroatoms. The van der Waals surface area contributed by atoms with Gasteiger partial charge in [-0.1, -0.05) is 0 Å². The van der Waals surface area contributed by atoms with Gasteiger partial charge in [0, 0.05) is 30.6 Å². The predicted molar refractivity (Wildman–Crippen MR) is 99.6 cm³/mol. The first-order valence-corrected chi connectivity index (χ1v) is 9.56. The summed E-state index contributed by atoms with van der Waals surface area (Å²) < 4.78 is 48.4. The number of piperidine rings is 1. The lowest BCUT2D eigenvalue weighted by atomic mass is 10.1. The van der Waals surface area contributed by atoms with Crippen LogP contribution in [0.3, 0.4) is 0 Å². The summed E-state index contributed by atoms with van der Waals surface area (Å²) in [4.78, 5) is 17.4. The molecule has 2 heterocycles. The first kappa shape index (κ1) is 20.8. The molecular weight excluding hydrogens is 407 g/mol. The second kappa shape index (κ2) is 9.05. The monoisotopic (exact) mass is 423 g/mol. The van der Waals surface area contributed by atoms with Crippen molar-refractivity contribution in [2.24, 2.45) is 0 Å². The largest absolute Gasteiger partial charge is 0.439 e. The molecule has 0 aliphatic carbocycles. The van der Waals surface area contributed by atoms with E-state index in [9.17, 15) is 18.0 Å². The van der Waals surface area contributed by atoms with Crippen LogP contribution >= 0.6 is 11.8 Å². The number of hydrogen-bond donors (Lipinski definition) is 0. The second-order valence-corrected chi connectivity index (χ2v) is 7.30. The Morgan fingerprint density at radius 1 is 1.14 bits per heavy atom. The lowest BCUT2D eigenvalue weighted by Gasteiger charge is -2.29. The minimum Gasteiger partial charge on any atom is -0.439 e. The van der Waals surface area contributed by atoms with Crippen molar-refractivity contribution in [3.05, 3.63) is 48.2 Å². The molecule has 6 nitrogen and oxygen atoms in total. The number of nitrogens with zero attached hydrogens (tertiary/aromatic N) is 3. The average Bonchev–Trinajstić information content (AvgIpc) is 2.70. The zero-order valence-corrected chi connectivity index (χ0v) is 15.9. The zero-order chi connectivity index (χ0) is 20.9. The maximum absolute atomic E-state index is 12.5. The number of halogens is 3. The van der Waals surface area contributed by atoms with Crippen LogP contribution in [0.5, 0.6) is 17.4 Å². The third-order valence-corrected chi connectivity index (χ3v) is 5.14. The van der Waals surface area contributed by atoms with Crippen molar-refractivity contribution < 1.29 is 27.4 Å². The fraction of sp³-hybridized carbons (Fsp3) is 0.316. The Hall–Kier alpha value is -2.93. The molecule has 1 fully saturated rings. The number of aromatic nitrogens is 1. The molecule has 2 aromatic rings. The number of pyridine rings is 1. The van der Waals surface area contributed by atoms with Crippen LogP contribution in [-0.2, 0) is 6.18 Å². The number of alkyl halides is 3. The summed E-state index contributed by atoms with van der Waals surface area (Å²) in [6.07, 6.45) is -2.76. The quantitative estimate of drug-likeness (QED) is 0.639. The number of carbonyl (C=O) groups excluding carboxylic acids is 1. The Labute approximate surface area is 169 Å². The van der Waals surface area contributed by atoms with Gasteiger partial charge in [-0.25, -0.2) is 9.78 Å². The molecule has 29 heavy (non-hydrogen) atoms. The van der Waals surface area contributed by atoms with Gasteiger partial charge in [0.15, 0.2) is 0 Å². The molecule has 1 aliphatic rings. The molecule has 0 radical (unpaired) electrons. The first-order chi connectivity index (χ1) is 13.8. The van der Waals surface area contributed by atoms with Gasteiger partial charge in [-0.05, 0) is 54.9 Å². The molecule has 0 N–H and O–H groups in total. The summed E-state index contributed by atoms with van der Waals surface area (Å²) in [5.41, 5.74) is -0.859. The number of thiocyanates is 1. The highest BCUT2D eigenvalue weighted by atomic mass is 32.2. The van der Waals surface area contributed by atoms with Gasteiger partial charge in [-0.15, -0.1) is 0 Å².